The van der Waals surface area contributed by atoms with Crippen LogP contribution in [0.3, 0.4) is 0 Å². The van der Waals surface area contributed by atoms with Crippen LogP contribution in [0.2, 0.25) is 0 Å². The molecule has 0 aliphatic heterocycles. The van der Waals surface area contributed by atoms with Crippen molar-refractivity contribution in [1.29, 1.82) is 0 Å². The molecule has 0 spiro atoms. The topological polar surface area (TPSA) is 46.5 Å². The number of carbonyl (C=O) groups excluding carboxylic acids is 1. The number of hydrogen-bond acceptors (Lipinski definition) is 3. The Kier molecular flexibility index (Phi) is 3.87. The minimum absolute atomic E-state index is 0.119. The van der Waals surface area contributed by atoms with Crippen LogP contribution < -0.4 is 0 Å². The molecular formula is C21H32O3. The summed E-state index contributed by atoms with van der Waals surface area (Å²) in [5.41, 5.74) is 2.00. The van der Waals surface area contributed by atoms with Gasteiger partial charge < -0.3 is 9.84 Å². The average molecular weight is 332 g/mol. The minimum Gasteiger partial charge on any atom is -0.462 e. The summed E-state index contributed by atoms with van der Waals surface area (Å²) in [6.07, 6.45) is 11.2. The second-order valence-corrected chi connectivity index (χ2v) is 9.35. The van der Waals surface area contributed by atoms with Gasteiger partial charge in [0.05, 0.1) is 6.10 Å². The van der Waals surface area contributed by atoms with Crippen molar-refractivity contribution in [2.24, 2.45) is 28.6 Å². The first-order chi connectivity index (χ1) is 11.3. The molecule has 0 radical (unpaired) electrons. The van der Waals surface area contributed by atoms with Crippen LogP contribution in [0.25, 0.3) is 0 Å². The molecule has 0 amide bonds. The number of aliphatic hydroxyl groups excluding tert-OH is 1. The molecule has 3 heteroatoms. The first-order valence-electron chi connectivity index (χ1n) is 9.91. The van der Waals surface area contributed by atoms with Gasteiger partial charge in [-0.15, -0.1) is 0 Å². The van der Waals surface area contributed by atoms with Gasteiger partial charge in [0.25, 0.3) is 0 Å². The van der Waals surface area contributed by atoms with E-state index in [9.17, 15) is 9.90 Å². The van der Waals surface area contributed by atoms with Gasteiger partial charge in [-0.2, -0.15) is 0 Å². The predicted molar refractivity (Wildman–Crippen MR) is 93.3 cm³/mol. The van der Waals surface area contributed by atoms with Crippen LogP contribution in [0.1, 0.15) is 72.1 Å². The molecule has 4 rings (SSSR count). The lowest BCUT2D eigenvalue weighted by Crippen LogP contribution is -2.51. The summed E-state index contributed by atoms with van der Waals surface area (Å²) in [5.74, 6) is 2.10. The number of ether oxygens (including phenoxy) is 1. The number of carbonyl (C=O) groups is 1. The summed E-state index contributed by atoms with van der Waals surface area (Å²) in [7, 11) is 0. The molecule has 0 aromatic carbocycles. The van der Waals surface area contributed by atoms with Crippen molar-refractivity contribution in [2.45, 2.75) is 84.3 Å². The molecule has 4 aliphatic carbocycles. The van der Waals surface area contributed by atoms with Crippen LogP contribution in [0.5, 0.6) is 0 Å². The van der Waals surface area contributed by atoms with Gasteiger partial charge in [0.15, 0.2) is 0 Å². The Bertz CT molecular complexity index is 567. The highest BCUT2D eigenvalue weighted by Gasteiger charge is 2.59. The third-order valence-corrected chi connectivity index (χ3v) is 8.31. The van der Waals surface area contributed by atoms with Gasteiger partial charge in [-0.1, -0.05) is 25.5 Å². The molecule has 1 N–H and O–H groups in total. The van der Waals surface area contributed by atoms with E-state index in [2.05, 4.69) is 19.9 Å². The fourth-order valence-corrected chi connectivity index (χ4v) is 7.06. The second-order valence-electron chi connectivity index (χ2n) is 9.35. The zero-order valence-electron chi connectivity index (χ0n) is 15.4. The number of hydrogen-bond donors (Lipinski definition) is 1. The number of aliphatic hydroxyl groups is 1. The molecule has 3 saturated carbocycles. The molecule has 7 atom stereocenters. The first kappa shape index (κ1) is 16.6. The zero-order valence-corrected chi connectivity index (χ0v) is 15.4. The van der Waals surface area contributed by atoms with Crippen molar-refractivity contribution in [2.75, 3.05) is 0 Å². The molecule has 3 fully saturated rings. The highest BCUT2D eigenvalue weighted by atomic mass is 16.5. The molecule has 0 aromatic heterocycles. The normalized spacial score (nSPS) is 50.3. The Morgan fingerprint density at radius 2 is 1.92 bits per heavy atom. The summed E-state index contributed by atoms with van der Waals surface area (Å²) in [4.78, 5) is 11.5. The standard InChI is InChI=1S/C21H32O3/c1-13(22)24-19-7-6-17-16-5-4-14-12-15(23)8-10-20(14,2)18(16)9-11-21(17,19)3/h12,15-19,23H,4-11H2,1-3H3/t15-,16-,17+,18+,19-,20-,21-/m0/s1. The van der Waals surface area contributed by atoms with Gasteiger partial charge in [-0.25, -0.2) is 0 Å². The summed E-state index contributed by atoms with van der Waals surface area (Å²) in [6, 6.07) is 0. The highest BCUT2D eigenvalue weighted by Crippen LogP contribution is 2.65. The van der Waals surface area contributed by atoms with E-state index in [4.69, 9.17) is 4.74 Å². The van der Waals surface area contributed by atoms with E-state index >= 15 is 0 Å². The van der Waals surface area contributed by atoms with Crippen LogP contribution in [0.15, 0.2) is 11.6 Å². The molecule has 0 saturated heterocycles. The largest absolute Gasteiger partial charge is 0.462 e. The van der Waals surface area contributed by atoms with Crippen molar-refractivity contribution in [3.05, 3.63) is 11.6 Å². The molecular weight excluding hydrogens is 300 g/mol. The fourth-order valence-electron chi connectivity index (χ4n) is 7.06. The number of allylic oxidation sites excluding steroid dienone is 1. The minimum atomic E-state index is -0.224. The molecule has 24 heavy (non-hydrogen) atoms. The molecule has 134 valence electrons. The van der Waals surface area contributed by atoms with Crippen LogP contribution in [-0.4, -0.2) is 23.3 Å². The van der Waals surface area contributed by atoms with Crippen molar-refractivity contribution < 1.29 is 14.6 Å². The summed E-state index contributed by atoms with van der Waals surface area (Å²) in [6.45, 7) is 6.39. The van der Waals surface area contributed by atoms with Crippen molar-refractivity contribution in [3.8, 4) is 0 Å². The lowest BCUT2D eigenvalue weighted by atomic mass is 9.47. The summed E-state index contributed by atoms with van der Waals surface area (Å²) in [5, 5.41) is 10.0. The van der Waals surface area contributed by atoms with E-state index in [0.29, 0.717) is 11.3 Å². The highest BCUT2D eigenvalue weighted by molar-refractivity contribution is 5.66. The van der Waals surface area contributed by atoms with Gasteiger partial charge >= 0.3 is 5.97 Å². The maximum Gasteiger partial charge on any atom is 0.302 e. The third-order valence-electron chi connectivity index (χ3n) is 8.31. The van der Waals surface area contributed by atoms with E-state index < -0.39 is 0 Å². The second kappa shape index (κ2) is 5.59. The Morgan fingerprint density at radius 1 is 1.12 bits per heavy atom. The Labute approximate surface area is 145 Å². The van der Waals surface area contributed by atoms with Crippen molar-refractivity contribution in [1.82, 2.24) is 0 Å². The average Bonchev–Trinajstić information content (AvgIpc) is 2.84. The van der Waals surface area contributed by atoms with Gasteiger partial charge in [0, 0.05) is 12.3 Å². The lowest BCUT2D eigenvalue weighted by Gasteiger charge is -2.58. The van der Waals surface area contributed by atoms with E-state index in [1.807, 2.05) is 0 Å². The summed E-state index contributed by atoms with van der Waals surface area (Å²) >= 11 is 0. The maximum atomic E-state index is 11.5. The predicted octanol–water partition coefficient (Wildman–Crippen LogP) is 4.24. The van der Waals surface area contributed by atoms with Crippen LogP contribution >= 0.6 is 0 Å². The smallest absolute Gasteiger partial charge is 0.302 e. The molecule has 0 aromatic rings. The van der Waals surface area contributed by atoms with Crippen LogP contribution in [0.4, 0.5) is 0 Å². The maximum absolute atomic E-state index is 11.5. The molecule has 0 heterocycles. The number of fused-ring (bicyclic) bond motifs is 5. The fraction of sp³-hybridized carbons (Fsp3) is 0.857. The van der Waals surface area contributed by atoms with E-state index in [-0.39, 0.29) is 23.6 Å². The number of esters is 1. The van der Waals surface area contributed by atoms with Gasteiger partial charge in [-0.05, 0) is 74.5 Å². The Balaban J connectivity index is 1.61. The van der Waals surface area contributed by atoms with Gasteiger partial charge in [0.1, 0.15) is 6.10 Å². The van der Waals surface area contributed by atoms with Crippen LogP contribution in [0, 0.1) is 28.6 Å². The van der Waals surface area contributed by atoms with E-state index in [1.54, 1.807) is 6.92 Å². The zero-order chi connectivity index (χ0) is 17.1. The molecule has 4 aliphatic rings. The quantitative estimate of drug-likeness (QED) is 0.577. The van der Waals surface area contributed by atoms with E-state index in [0.717, 1.165) is 37.5 Å². The van der Waals surface area contributed by atoms with Crippen molar-refractivity contribution >= 4 is 5.97 Å². The monoisotopic (exact) mass is 332 g/mol. The Hall–Kier alpha value is -0.830. The molecule has 0 bridgehead atoms. The third kappa shape index (κ3) is 2.30. The summed E-state index contributed by atoms with van der Waals surface area (Å²) < 4.78 is 5.73. The number of rotatable bonds is 1. The Morgan fingerprint density at radius 3 is 2.67 bits per heavy atom. The van der Waals surface area contributed by atoms with Gasteiger partial charge in [-0.3, -0.25) is 4.79 Å². The SMILES string of the molecule is CC(=O)O[C@H]1CC[C@@H]2[C@@H]3CCC4=C[C@@H](O)CC[C@]4(C)[C@@H]3CC[C@]12C. The molecule has 0 unspecified atom stereocenters. The van der Waals surface area contributed by atoms with E-state index in [1.165, 1.54) is 31.3 Å². The van der Waals surface area contributed by atoms with Crippen molar-refractivity contribution in [3.63, 3.8) is 0 Å². The molecule has 3 nitrogen and oxygen atoms in total. The van der Waals surface area contributed by atoms with Crippen LogP contribution in [-0.2, 0) is 9.53 Å². The lowest BCUT2D eigenvalue weighted by molar-refractivity contribution is -0.157. The first-order valence-corrected chi connectivity index (χ1v) is 9.91. The van der Waals surface area contributed by atoms with Gasteiger partial charge in [0.2, 0.25) is 0 Å².